The number of rotatable bonds is 2. The number of methoxy groups -OCH3 is 1. The standard InChI is InChI=1S/C14H17BrClNO2/c1-14(19-2)6-3-7-17(9-14)13(18)11-8-10(16)4-5-12(11)15/h4-5,8H,3,6-7,9H2,1-2H3. The van der Waals surface area contributed by atoms with Gasteiger partial charge in [-0.3, -0.25) is 4.79 Å². The van der Waals surface area contributed by atoms with Crippen LogP contribution in [0, 0.1) is 0 Å². The molecule has 0 aliphatic carbocycles. The SMILES string of the molecule is COC1(C)CCCN(C(=O)c2cc(Cl)ccc2Br)C1. The van der Waals surface area contributed by atoms with Gasteiger partial charge in [-0.25, -0.2) is 0 Å². The fourth-order valence-electron chi connectivity index (χ4n) is 2.38. The number of nitrogens with zero attached hydrogens (tertiary/aromatic N) is 1. The van der Waals surface area contributed by atoms with Gasteiger partial charge in [-0.1, -0.05) is 11.6 Å². The molecule has 1 unspecified atom stereocenters. The van der Waals surface area contributed by atoms with E-state index in [1.54, 1.807) is 25.3 Å². The van der Waals surface area contributed by atoms with E-state index in [0.717, 1.165) is 23.9 Å². The lowest BCUT2D eigenvalue weighted by molar-refractivity contribution is -0.0440. The van der Waals surface area contributed by atoms with Crippen molar-refractivity contribution < 1.29 is 9.53 Å². The fraction of sp³-hybridized carbons (Fsp3) is 0.500. The lowest BCUT2D eigenvalue weighted by atomic mass is 9.94. The van der Waals surface area contributed by atoms with E-state index in [1.807, 2.05) is 11.8 Å². The topological polar surface area (TPSA) is 29.5 Å². The molecule has 0 aromatic heterocycles. The zero-order valence-electron chi connectivity index (χ0n) is 11.1. The molecule has 1 aromatic rings. The number of carbonyl (C=O) groups excluding carboxylic acids is 1. The summed E-state index contributed by atoms with van der Waals surface area (Å²) in [5.41, 5.74) is 0.353. The van der Waals surface area contributed by atoms with Gasteiger partial charge in [-0.05, 0) is 53.9 Å². The molecule has 0 bridgehead atoms. The van der Waals surface area contributed by atoms with Crippen molar-refractivity contribution in [2.24, 2.45) is 0 Å². The van der Waals surface area contributed by atoms with Crippen molar-refractivity contribution in [2.75, 3.05) is 20.2 Å². The highest BCUT2D eigenvalue weighted by molar-refractivity contribution is 9.10. The maximum absolute atomic E-state index is 12.6. The molecule has 5 heteroatoms. The van der Waals surface area contributed by atoms with Gasteiger partial charge in [0.05, 0.1) is 11.2 Å². The van der Waals surface area contributed by atoms with Crippen LogP contribution in [0.25, 0.3) is 0 Å². The van der Waals surface area contributed by atoms with E-state index in [-0.39, 0.29) is 11.5 Å². The predicted molar refractivity (Wildman–Crippen MR) is 79.7 cm³/mol. The van der Waals surface area contributed by atoms with Gasteiger partial charge in [0, 0.05) is 29.7 Å². The van der Waals surface area contributed by atoms with Crippen molar-refractivity contribution in [3.05, 3.63) is 33.3 Å². The van der Waals surface area contributed by atoms with E-state index in [9.17, 15) is 4.79 Å². The zero-order valence-corrected chi connectivity index (χ0v) is 13.4. The van der Waals surface area contributed by atoms with Crippen molar-refractivity contribution in [1.82, 2.24) is 4.90 Å². The first kappa shape index (κ1) is 14.8. The monoisotopic (exact) mass is 345 g/mol. The van der Waals surface area contributed by atoms with Gasteiger partial charge in [0.25, 0.3) is 5.91 Å². The van der Waals surface area contributed by atoms with Crippen LogP contribution in [0.1, 0.15) is 30.1 Å². The summed E-state index contributed by atoms with van der Waals surface area (Å²) in [7, 11) is 1.70. The molecule has 2 rings (SSSR count). The number of benzene rings is 1. The molecule has 1 heterocycles. The first-order valence-electron chi connectivity index (χ1n) is 6.25. The van der Waals surface area contributed by atoms with Crippen molar-refractivity contribution in [2.45, 2.75) is 25.4 Å². The number of hydrogen-bond donors (Lipinski definition) is 0. The third-order valence-corrected chi connectivity index (χ3v) is 4.52. The Labute approximate surface area is 127 Å². The molecule has 19 heavy (non-hydrogen) atoms. The number of likely N-dealkylation sites (tertiary alicyclic amines) is 1. The molecule has 1 saturated heterocycles. The third kappa shape index (κ3) is 3.30. The Morgan fingerprint density at radius 1 is 1.53 bits per heavy atom. The van der Waals surface area contributed by atoms with Gasteiger partial charge in [-0.15, -0.1) is 0 Å². The van der Waals surface area contributed by atoms with Crippen LogP contribution >= 0.6 is 27.5 Å². The minimum absolute atomic E-state index is 0.00245. The maximum Gasteiger partial charge on any atom is 0.255 e. The predicted octanol–water partition coefficient (Wildman–Crippen LogP) is 3.74. The van der Waals surface area contributed by atoms with Crippen molar-refractivity contribution in [3.63, 3.8) is 0 Å². The van der Waals surface area contributed by atoms with E-state index in [2.05, 4.69) is 15.9 Å². The fourth-order valence-corrected chi connectivity index (χ4v) is 2.97. The Bertz CT molecular complexity index is 494. The summed E-state index contributed by atoms with van der Waals surface area (Å²) in [6.07, 6.45) is 1.93. The molecule has 104 valence electrons. The molecule has 0 N–H and O–H groups in total. The molecule has 1 aliphatic rings. The van der Waals surface area contributed by atoms with Crippen LogP contribution in [0.4, 0.5) is 0 Å². The third-order valence-electron chi connectivity index (χ3n) is 3.60. The number of halogens is 2. The Morgan fingerprint density at radius 3 is 2.95 bits per heavy atom. The molecule has 0 spiro atoms. The van der Waals surface area contributed by atoms with E-state index < -0.39 is 0 Å². The highest BCUT2D eigenvalue weighted by atomic mass is 79.9. The minimum atomic E-state index is -0.251. The highest BCUT2D eigenvalue weighted by Crippen LogP contribution is 2.28. The van der Waals surface area contributed by atoms with E-state index in [1.165, 1.54) is 0 Å². The normalized spacial score (nSPS) is 23.5. The van der Waals surface area contributed by atoms with Gasteiger partial charge < -0.3 is 9.64 Å². The Hall–Kier alpha value is -0.580. The van der Waals surface area contributed by atoms with Crippen molar-refractivity contribution in [1.29, 1.82) is 0 Å². The quantitative estimate of drug-likeness (QED) is 0.816. The second-order valence-electron chi connectivity index (χ2n) is 5.11. The summed E-state index contributed by atoms with van der Waals surface area (Å²) >= 11 is 9.37. The summed E-state index contributed by atoms with van der Waals surface area (Å²) in [5, 5.41) is 0.568. The van der Waals surface area contributed by atoms with E-state index in [4.69, 9.17) is 16.3 Å². The van der Waals surface area contributed by atoms with Crippen LogP contribution in [-0.2, 0) is 4.74 Å². The van der Waals surface area contributed by atoms with Gasteiger partial charge in [0.1, 0.15) is 0 Å². The van der Waals surface area contributed by atoms with Crippen LogP contribution < -0.4 is 0 Å². The van der Waals surface area contributed by atoms with Crippen LogP contribution in [-0.4, -0.2) is 36.6 Å². The molecular formula is C14H17BrClNO2. The van der Waals surface area contributed by atoms with Crippen molar-refractivity contribution >= 4 is 33.4 Å². The van der Waals surface area contributed by atoms with Crippen LogP contribution in [0.2, 0.25) is 5.02 Å². The lowest BCUT2D eigenvalue weighted by Gasteiger charge is -2.39. The molecule has 1 atom stereocenters. The van der Waals surface area contributed by atoms with Crippen LogP contribution in [0.3, 0.4) is 0 Å². The average molecular weight is 347 g/mol. The van der Waals surface area contributed by atoms with E-state index in [0.29, 0.717) is 17.1 Å². The number of carbonyl (C=O) groups is 1. The summed E-state index contributed by atoms with van der Waals surface area (Å²) < 4.78 is 6.29. The Morgan fingerprint density at radius 2 is 2.26 bits per heavy atom. The second-order valence-corrected chi connectivity index (χ2v) is 6.40. The van der Waals surface area contributed by atoms with Crippen LogP contribution in [0.15, 0.2) is 22.7 Å². The molecule has 0 radical (unpaired) electrons. The number of piperidine rings is 1. The molecule has 0 saturated carbocycles. The highest BCUT2D eigenvalue weighted by Gasteiger charge is 2.33. The number of ether oxygens (including phenoxy) is 1. The summed E-state index contributed by atoms with van der Waals surface area (Å²) in [5.74, 6) is -0.00245. The molecule has 3 nitrogen and oxygen atoms in total. The molecule has 1 amide bonds. The second kappa shape index (κ2) is 5.81. The average Bonchev–Trinajstić information content (AvgIpc) is 2.41. The Balaban J connectivity index is 2.22. The molecular weight excluding hydrogens is 330 g/mol. The smallest absolute Gasteiger partial charge is 0.255 e. The van der Waals surface area contributed by atoms with Gasteiger partial charge in [0.2, 0.25) is 0 Å². The van der Waals surface area contributed by atoms with E-state index >= 15 is 0 Å². The van der Waals surface area contributed by atoms with Crippen LogP contribution in [0.5, 0.6) is 0 Å². The summed E-state index contributed by atoms with van der Waals surface area (Å²) in [6.45, 7) is 3.41. The lowest BCUT2D eigenvalue weighted by Crippen LogP contribution is -2.49. The largest absolute Gasteiger partial charge is 0.377 e. The first-order chi connectivity index (χ1) is 8.95. The Kier molecular flexibility index (Phi) is 4.54. The van der Waals surface area contributed by atoms with Gasteiger partial charge in [-0.2, -0.15) is 0 Å². The van der Waals surface area contributed by atoms with Gasteiger partial charge in [0.15, 0.2) is 0 Å². The summed E-state index contributed by atoms with van der Waals surface area (Å²) in [4.78, 5) is 14.4. The first-order valence-corrected chi connectivity index (χ1v) is 7.42. The van der Waals surface area contributed by atoms with Crippen molar-refractivity contribution in [3.8, 4) is 0 Å². The zero-order chi connectivity index (χ0) is 14.0. The summed E-state index contributed by atoms with van der Waals surface area (Å²) in [6, 6.07) is 5.26. The molecule has 1 fully saturated rings. The number of hydrogen-bond acceptors (Lipinski definition) is 2. The maximum atomic E-state index is 12.6. The van der Waals surface area contributed by atoms with Gasteiger partial charge >= 0.3 is 0 Å². The molecule has 1 aromatic carbocycles. The number of amides is 1. The minimum Gasteiger partial charge on any atom is -0.377 e. The molecule has 1 aliphatic heterocycles.